The molecule has 0 heterocycles. The maximum Gasteiger partial charge on any atom is 0.192 e. The van der Waals surface area contributed by atoms with Crippen LogP contribution in [0.3, 0.4) is 0 Å². The zero-order valence-corrected chi connectivity index (χ0v) is 12.7. The monoisotopic (exact) mass is 242 g/mol. The molecule has 1 rings (SSSR count). The molecule has 0 spiro atoms. The molecular formula is C14H30OSi. The second-order valence-electron chi connectivity index (χ2n) is 5.35. The highest BCUT2D eigenvalue weighted by Gasteiger charge is 2.35. The van der Waals surface area contributed by atoms with E-state index in [1.165, 1.54) is 50.2 Å². The Morgan fingerprint density at radius 1 is 0.938 bits per heavy atom. The van der Waals surface area contributed by atoms with Crippen molar-refractivity contribution in [1.29, 1.82) is 0 Å². The van der Waals surface area contributed by atoms with Gasteiger partial charge in [0.05, 0.1) is 0 Å². The third-order valence-corrected chi connectivity index (χ3v) is 9.37. The van der Waals surface area contributed by atoms with Crippen LogP contribution in [-0.4, -0.2) is 14.4 Å². The van der Waals surface area contributed by atoms with Gasteiger partial charge in [0.2, 0.25) is 0 Å². The first-order valence-corrected chi connectivity index (χ1v) is 9.92. The lowest BCUT2D eigenvalue weighted by Gasteiger charge is -2.39. The Morgan fingerprint density at radius 3 is 2.00 bits per heavy atom. The predicted molar refractivity (Wildman–Crippen MR) is 74.3 cm³/mol. The lowest BCUT2D eigenvalue weighted by Crippen LogP contribution is -2.43. The van der Waals surface area contributed by atoms with Gasteiger partial charge in [0.15, 0.2) is 8.32 Å². The van der Waals surface area contributed by atoms with Crippen LogP contribution < -0.4 is 0 Å². The van der Waals surface area contributed by atoms with E-state index >= 15 is 0 Å². The molecule has 0 aliphatic heterocycles. The molecule has 0 bridgehead atoms. The van der Waals surface area contributed by atoms with Gasteiger partial charge < -0.3 is 4.43 Å². The Morgan fingerprint density at radius 2 is 1.50 bits per heavy atom. The summed E-state index contributed by atoms with van der Waals surface area (Å²) in [7, 11) is -1.36. The molecular weight excluding hydrogens is 212 g/mol. The minimum absolute atomic E-state index is 0.602. The fourth-order valence-corrected chi connectivity index (χ4v) is 6.07. The lowest BCUT2D eigenvalue weighted by atomic mass is 9.85. The summed E-state index contributed by atoms with van der Waals surface area (Å²) in [4.78, 5) is 0. The van der Waals surface area contributed by atoms with Gasteiger partial charge in [-0.15, -0.1) is 0 Å². The van der Waals surface area contributed by atoms with Crippen molar-refractivity contribution in [2.24, 2.45) is 5.92 Å². The van der Waals surface area contributed by atoms with Crippen molar-refractivity contribution < 1.29 is 4.43 Å². The van der Waals surface area contributed by atoms with Gasteiger partial charge in [0, 0.05) is 6.10 Å². The largest absolute Gasteiger partial charge is 0.414 e. The first-order chi connectivity index (χ1) is 7.71. The molecule has 0 aromatic carbocycles. The van der Waals surface area contributed by atoms with Gasteiger partial charge in [-0.1, -0.05) is 47.0 Å². The smallest absolute Gasteiger partial charge is 0.192 e. The van der Waals surface area contributed by atoms with E-state index in [1.54, 1.807) is 0 Å². The number of hydrogen-bond acceptors (Lipinski definition) is 1. The Labute approximate surface area is 103 Å². The normalized spacial score (nSPS) is 27.0. The lowest BCUT2D eigenvalue weighted by molar-refractivity contribution is 0.0798. The molecule has 96 valence electrons. The first-order valence-electron chi connectivity index (χ1n) is 7.39. The van der Waals surface area contributed by atoms with Gasteiger partial charge in [-0.2, -0.15) is 0 Å². The van der Waals surface area contributed by atoms with E-state index in [-0.39, 0.29) is 0 Å². The fourth-order valence-electron chi connectivity index (χ4n) is 3.12. The van der Waals surface area contributed by atoms with E-state index in [9.17, 15) is 0 Å². The van der Waals surface area contributed by atoms with Crippen molar-refractivity contribution in [3.05, 3.63) is 0 Å². The van der Waals surface area contributed by atoms with Crippen LogP contribution in [0.15, 0.2) is 0 Å². The maximum atomic E-state index is 6.67. The van der Waals surface area contributed by atoms with Crippen molar-refractivity contribution >= 4 is 8.32 Å². The van der Waals surface area contributed by atoms with Gasteiger partial charge in [0.1, 0.15) is 0 Å². The minimum atomic E-state index is -1.36. The summed E-state index contributed by atoms with van der Waals surface area (Å²) in [6, 6.07) is 3.90. The van der Waals surface area contributed by atoms with E-state index in [2.05, 4.69) is 27.7 Å². The van der Waals surface area contributed by atoms with Crippen molar-refractivity contribution in [2.75, 3.05) is 0 Å². The van der Waals surface area contributed by atoms with Crippen molar-refractivity contribution in [2.45, 2.75) is 84.0 Å². The van der Waals surface area contributed by atoms with Gasteiger partial charge >= 0.3 is 0 Å². The summed E-state index contributed by atoms with van der Waals surface area (Å²) in [6.07, 6.45) is 7.47. The predicted octanol–water partition coefficient (Wildman–Crippen LogP) is 4.98. The van der Waals surface area contributed by atoms with Crippen molar-refractivity contribution in [3.63, 3.8) is 0 Å². The molecule has 1 aliphatic carbocycles. The maximum absolute atomic E-state index is 6.67. The molecule has 0 unspecified atom stereocenters. The highest BCUT2D eigenvalue weighted by molar-refractivity contribution is 6.73. The summed E-state index contributed by atoms with van der Waals surface area (Å²) in [5, 5.41) is 0. The number of hydrogen-bond donors (Lipinski definition) is 0. The molecule has 1 fully saturated rings. The first kappa shape index (κ1) is 14.2. The molecule has 1 nitrogen and oxygen atoms in total. The average Bonchev–Trinajstić information content (AvgIpc) is 2.36. The molecule has 16 heavy (non-hydrogen) atoms. The molecule has 2 heteroatoms. The molecule has 0 radical (unpaired) electrons. The standard InChI is InChI=1S/C14H30OSi/c1-5-13-11-9-10-12-14(13)15-16(6-2,7-3)8-4/h13-14H,5-12H2,1-4H3/t13-,14-/m1/s1. The van der Waals surface area contributed by atoms with Crippen LogP contribution >= 0.6 is 0 Å². The molecule has 1 saturated carbocycles. The highest BCUT2D eigenvalue weighted by atomic mass is 28.4. The van der Waals surface area contributed by atoms with Gasteiger partial charge in [-0.05, 0) is 36.9 Å². The van der Waals surface area contributed by atoms with Crippen molar-refractivity contribution in [1.82, 2.24) is 0 Å². The summed E-state index contributed by atoms with van der Waals surface area (Å²) >= 11 is 0. The summed E-state index contributed by atoms with van der Waals surface area (Å²) in [5.74, 6) is 0.852. The quantitative estimate of drug-likeness (QED) is 0.597. The molecule has 0 amide bonds. The second-order valence-corrected chi connectivity index (χ2v) is 10.1. The fraction of sp³-hybridized carbons (Fsp3) is 1.00. The van der Waals surface area contributed by atoms with Gasteiger partial charge in [0.25, 0.3) is 0 Å². The van der Waals surface area contributed by atoms with Gasteiger partial charge in [-0.3, -0.25) is 0 Å². The van der Waals surface area contributed by atoms with E-state index in [4.69, 9.17) is 4.43 Å². The van der Waals surface area contributed by atoms with Crippen LogP contribution in [0.2, 0.25) is 18.1 Å². The van der Waals surface area contributed by atoms with Crippen LogP contribution in [0.1, 0.15) is 59.8 Å². The van der Waals surface area contributed by atoms with Crippen LogP contribution in [0.5, 0.6) is 0 Å². The van der Waals surface area contributed by atoms with Crippen LogP contribution in [-0.2, 0) is 4.43 Å². The summed E-state index contributed by atoms with van der Waals surface area (Å²) < 4.78 is 6.67. The zero-order valence-electron chi connectivity index (χ0n) is 11.7. The molecule has 0 aromatic heterocycles. The summed E-state index contributed by atoms with van der Waals surface area (Å²) in [6.45, 7) is 9.34. The molecule has 0 aromatic rings. The zero-order chi connectivity index (χ0) is 12.0. The van der Waals surface area contributed by atoms with Gasteiger partial charge in [-0.25, -0.2) is 0 Å². The van der Waals surface area contributed by atoms with Crippen LogP contribution in [0.4, 0.5) is 0 Å². The molecule has 0 saturated heterocycles. The van der Waals surface area contributed by atoms with E-state index in [0.29, 0.717) is 6.10 Å². The van der Waals surface area contributed by atoms with Crippen molar-refractivity contribution in [3.8, 4) is 0 Å². The average molecular weight is 242 g/mol. The SMILES string of the molecule is CC[C@@H]1CCCC[C@H]1O[Si](CC)(CC)CC. The molecule has 2 atom stereocenters. The minimum Gasteiger partial charge on any atom is -0.414 e. The Kier molecular flexibility index (Phi) is 6.05. The Balaban J connectivity index is 2.61. The number of rotatable bonds is 6. The third kappa shape index (κ3) is 3.33. The van der Waals surface area contributed by atoms with E-state index < -0.39 is 8.32 Å². The third-order valence-electron chi connectivity index (χ3n) is 4.70. The van der Waals surface area contributed by atoms with E-state index in [1.807, 2.05) is 0 Å². The Hall–Kier alpha value is 0.177. The highest BCUT2D eigenvalue weighted by Crippen LogP contribution is 2.34. The molecule has 0 N–H and O–H groups in total. The summed E-state index contributed by atoms with van der Waals surface area (Å²) in [5.41, 5.74) is 0. The molecule has 1 aliphatic rings. The van der Waals surface area contributed by atoms with E-state index in [0.717, 1.165) is 5.92 Å². The van der Waals surface area contributed by atoms with Crippen LogP contribution in [0.25, 0.3) is 0 Å². The topological polar surface area (TPSA) is 9.23 Å². The second kappa shape index (κ2) is 6.80. The Bertz CT molecular complexity index is 181. The van der Waals surface area contributed by atoms with Crippen LogP contribution in [0, 0.1) is 5.92 Å².